The third-order valence-corrected chi connectivity index (χ3v) is 5.59. The fraction of sp³-hybridized carbons (Fsp3) is 0.381. The Morgan fingerprint density at radius 2 is 2.10 bits per heavy atom. The first-order valence-corrected chi connectivity index (χ1v) is 10.6. The van der Waals surface area contributed by atoms with E-state index >= 15 is 0 Å². The van der Waals surface area contributed by atoms with Gasteiger partial charge in [-0.3, -0.25) is 4.68 Å². The standard InChI is InChI=1S/C21H24FN9/c22-16-4-1-5-18(11-16)31-20-19(28-29-31)13-24-21(27-20)26-17-12-25-30(14-17)10-2-3-15-6-8-23-9-7-15/h1,4-5,11-15,23H,2-3,6-10H2,(H,24,26,27). The van der Waals surface area contributed by atoms with Gasteiger partial charge in [0.2, 0.25) is 5.95 Å². The summed E-state index contributed by atoms with van der Waals surface area (Å²) in [6.45, 7) is 3.17. The maximum Gasteiger partial charge on any atom is 0.229 e. The molecule has 2 N–H and O–H groups in total. The lowest BCUT2D eigenvalue weighted by molar-refractivity contribution is 0.337. The van der Waals surface area contributed by atoms with Crippen LogP contribution in [0.5, 0.6) is 0 Å². The number of fused-ring (bicyclic) bond motifs is 1. The normalized spacial score (nSPS) is 14.9. The molecule has 0 unspecified atom stereocenters. The molecule has 0 bridgehead atoms. The third kappa shape index (κ3) is 4.53. The Hall–Kier alpha value is -3.40. The Balaban J connectivity index is 1.26. The van der Waals surface area contributed by atoms with Gasteiger partial charge in [0.25, 0.3) is 0 Å². The molecule has 0 aliphatic carbocycles. The lowest BCUT2D eigenvalue weighted by Crippen LogP contribution is -2.27. The van der Waals surface area contributed by atoms with Gasteiger partial charge in [-0.05, 0) is 62.9 Å². The van der Waals surface area contributed by atoms with Crippen LogP contribution in [0.3, 0.4) is 0 Å². The van der Waals surface area contributed by atoms with Crippen molar-refractivity contribution in [3.8, 4) is 5.69 Å². The number of aryl methyl sites for hydroxylation is 1. The highest BCUT2D eigenvalue weighted by Crippen LogP contribution is 2.20. The number of benzene rings is 1. The smallest absolute Gasteiger partial charge is 0.229 e. The summed E-state index contributed by atoms with van der Waals surface area (Å²) in [5, 5.41) is 19.2. The molecular formula is C21H24FN9. The van der Waals surface area contributed by atoms with Crippen molar-refractivity contribution in [3.05, 3.63) is 48.7 Å². The van der Waals surface area contributed by atoms with E-state index < -0.39 is 0 Å². The zero-order valence-electron chi connectivity index (χ0n) is 17.1. The number of hydrogen-bond donors (Lipinski definition) is 2. The van der Waals surface area contributed by atoms with E-state index in [0.29, 0.717) is 22.8 Å². The van der Waals surface area contributed by atoms with Gasteiger partial charge in [-0.1, -0.05) is 11.3 Å². The van der Waals surface area contributed by atoms with E-state index in [9.17, 15) is 4.39 Å². The minimum Gasteiger partial charge on any atom is -0.321 e. The summed E-state index contributed by atoms with van der Waals surface area (Å²) in [6.07, 6.45) is 10.2. The summed E-state index contributed by atoms with van der Waals surface area (Å²) in [5.41, 5.74) is 2.39. The number of nitrogens with zero attached hydrogens (tertiary/aromatic N) is 7. The van der Waals surface area contributed by atoms with Crippen LogP contribution in [0.2, 0.25) is 0 Å². The van der Waals surface area contributed by atoms with E-state index in [0.717, 1.165) is 37.7 Å². The van der Waals surface area contributed by atoms with Crippen molar-refractivity contribution in [3.63, 3.8) is 0 Å². The number of halogens is 1. The summed E-state index contributed by atoms with van der Waals surface area (Å²) in [5.74, 6) is 0.883. The molecule has 0 saturated carbocycles. The molecule has 1 fully saturated rings. The molecule has 1 aromatic carbocycles. The maximum atomic E-state index is 13.6. The monoisotopic (exact) mass is 421 g/mol. The molecule has 3 aromatic heterocycles. The van der Waals surface area contributed by atoms with Crippen LogP contribution in [0.1, 0.15) is 25.7 Å². The van der Waals surface area contributed by atoms with E-state index in [1.807, 2.05) is 10.9 Å². The molecule has 1 aliphatic rings. The molecular weight excluding hydrogens is 397 g/mol. The average molecular weight is 421 g/mol. The molecule has 5 rings (SSSR count). The number of anilines is 2. The summed E-state index contributed by atoms with van der Waals surface area (Å²) in [4.78, 5) is 8.82. The predicted molar refractivity (Wildman–Crippen MR) is 115 cm³/mol. The zero-order chi connectivity index (χ0) is 21.0. The fourth-order valence-electron chi connectivity index (χ4n) is 3.96. The van der Waals surface area contributed by atoms with Crippen molar-refractivity contribution in [1.82, 2.24) is 40.1 Å². The third-order valence-electron chi connectivity index (χ3n) is 5.59. The van der Waals surface area contributed by atoms with Crippen LogP contribution in [-0.2, 0) is 6.54 Å². The molecule has 0 radical (unpaired) electrons. The van der Waals surface area contributed by atoms with Gasteiger partial charge in [0.05, 0.1) is 23.8 Å². The van der Waals surface area contributed by atoms with Crippen LogP contribution in [0.4, 0.5) is 16.0 Å². The lowest BCUT2D eigenvalue weighted by Gasteiger charge is -2.22. The Morgan fingerprint density at radius 1 is 1.19 bits per heavy atom. The van der Waals surface area contributed by atoms with E-state index in [2.05, 4.69) is 36.0 Å². The Bertz CT molecular complexity index is 1160. The number of hydrogen-bond acceptors (Lipinski definition) is 7. The maximum absolute atomic E-state index is 13.6. The van der Waals surface area contributed by atoms with Crippen LogP contribution in [0.15, 0.2) is 42.9 Å². The highest BCUT2D eigenvalue weighted by atomic mass is 19.1. The molecule has 4 aromatic rings. The van der Waals surface area contributed by atoms with Gasteiger partial charge in [-0.25, -0.2) is 9.37 Å². The second-order valence-electron chi connectivity index (χ2n) is 7.84. The minimum atomic E-state index is -0.346. The van der Waals surface area contributed by atoms with Crippen molar-refractivity contribution in [2.45, 2.75) is 32.2 Å². The quantitative estimate of drug-likeness (QED) is 0.473. The summed E-state index contributed by atoms with van der Waals surface area (Å²) in [7, 11) is 0. The Kier molecular flexibility index (Phi) is 5.53. The van der Waals surface area contributed by atoms with Crippen LogP contribution in [-0.4, -0.2) is 47.8 Å². The van der Waals surface area contributed by atoms with Gasteiger partial charge in [0, 0.05) is 12.7 Å². The number of rotatable bonds is 7. The average Bonchev–Trinajstić information content (AvgIpc) is 3.41. The second-order valence-corrected chi connectivity index (χ2v) is 7.84. The van der Waals surface area contributed by atoms with Crippen LogP contribution >= 0.6 is 0 Å². The van der Waals surface area contributed by atoms with Crippen LogP contribution < -0.4 is 10.6 Å². The first-order valence-electron chi connectivity index (χ1n) is 10.6. The molecule has 1 aliphatic heterocycles. The molecule has 9 nitrogen and oxygen atoms in total. The van der Waals surface area contributed by atoms with Crippen molar-refractivity contribution in [2.75, 3.05) is 18.4 Å². The molecule has 31 heavy (non-hydrogen) atoms. The zero-order valence-corrected chi connectivity index (χ0v) is 17.1. The van der Waals surface area contributed by atoms with Gasteiger partial charge in [0.15, 0.2) is 11.2 Å². The number of nitrogens with one attached hydrogen (secondary N) is 2. The summed E-state index contributed by atoms with van der Waals surface area (Å²) < 4.78 is 17.0. The highest BCUT2D eigenvalue weighted by molar-refractivity contribution is 5.72. The van der Waals surface area contributed by atoms with Crippen molar-refractivity contribution < 1.29 is 4.39 Å². The summed E-state index contributed by atoms with van der Waals surface area (Å²) in [6, 6.07) is 6.14. The lowest BCUT2D eigenvalue weighted by atomic mass is 9.93. The molecule has 0 spiro atoms. The van der Waals surface area contributed by atoms with E-state index in [1.165, 1.54) is 36.1 Å². The topological polar surface area (TPSA) is 98.4 Å². The van der Waals surface area contributed by atoms with Gasteiger partial charge < -0.3 is 10.6 Å². The van der Waals surface area contributed by atoms with E-state index in [-0.39, 0.29) is 5.82 Å². The first kappa shape index (κ1) is 19.6. The largest absolute Gasteiger partial charge is 0.321 e. The minimum absolute atomic E-state index is 0.346. The predicted octanol–water partition coefficient (Wildman–Crippen LogP) is 3.07. The Morgan fingerprint density at radius 3 is 2.97 bits per heavy atom. The van der Waals surface area contributed by atoms with Crippen molar-refractivity contribution in [1.29, 1.82) is 0 Å². The molecule has 4 heterocycles. The van der Waals surface area contributed by atoms with Gasteiger partial charge in [-0.2, -0.15) is 14.8 Å². The van der Waals surface area contributed by atoms with Gasteiger partial charge >= 0.3 is 0 Å². The molecule has 1 saturated heterocycles. The fourth-order valence-corrected chi connectivity index (χ4v) is 3.96. The highest BCUT2D eigenvalue weighted by Gasteiger charge is 2.13. The molecule has 10 heteroatoms. The molecule has 0 atom stereocenters. The van der Waals surface area contributed by atoms with Crippen LogP contribution in [0, 0.1) is 11.7 Å². The SMILES string of the molecule is Fc1cccc(-n2nnc3cnc(Nc4cnn(CCCC5CCNCC5)c4)nc32)c1. The number of aromatic nitrogens is 7. The molecule has 0 amide bonds. The second kappa shape index (κ2) is 8.76. The van der Waals surface area contributed by atoms with Crippen molar-refractivity contribution in [2.24, 2.45) is 5.92 Å². The summed E-state index contributed by atoms with van der Waals surface area (Å²) >= 11 is 0. The first-order chi connectivity index (χ1) is 15.2. The van der Waals surface area contributed by atoms with Crippen molar-refractivity contribution >= 4 is 22.8 Å². The van der Waals surface area contributed by atoms with E-state index in [1.54, 1.807) is 24.5 Å². The number of piperidine rings is 1. The van der Waals surface area contributed by atoms with Gasteiger partial charge in [0.1, 0.15) is 5.82 Å². The Labute approximate surface area is 178 Å². The van der Waals surface area contributed by atoms with E-state index in [4.69, 9.17) is 0 Å². The van der Waals surface area contributed by atoms with Gasteiger partial charge in [-0.15, -0.1) is 5.10 Å². The van der Waals surface area contributed by atoms with Crippen LogP contribution in [0.25, 0.3) is 16.9 Å². The molecule has 160 valence electrons.